The predicted molar refractivity (Wildman–Crippen MR) is 184 cm³/mol. The number of hydrogen-bond donors (Lipinski definition) is 0. The molecule has 8 aromatic rings. The normalized spacial score (nSPS) is 16.1. The minimum Gasteiger partial charge on any atom is -0.135 e. The van der Waals surface area contributed by atoms with E-state index in [9.17, 15) is 0 Å². The molecule has 0 saturated heterocycles. The second-order valence-electron chi connectivity index (χ2n) is 11.8. The molecular weight excluding hydrogens is 560 g/mol. The van der Waals surface area contributed by atoms with Crippen LogP contribution in [0.3, 0.4) is 0 Å². The summed E-state index contributed by atoms with van der Waals surface area (Å²) in [5.41, 5.74) is 12.3. The second kappa shape index (κ2) is 8.45. The fraction of sp³-hybridized carbons (Fsp3) is 0.0244. The van der Waals surface area contributed by atoms with Crippen molar-refractivity contribution in [3.63, 3.8) is 0 Å². The van der Waals surface area contributed by atoms with Gasteiger partial charge in [-0.05, 0) is 103 Å². The molecule has 1 heterocycles. The number of benzene rings is 7. The Morgan fingerprint density at radius 1 is 0.442 bits per heavy atom. The molecule has 0 amide bonds. The summed E-state index contributed by atoms with van der Waals surface area (Å²) in [5.74, 6) is 0. The van der Waals surface area contributed by atoms with E-state index in [1.807, 2.05) is 17.4 Å². The fourth-order valence-electron chi connectivity index (χ4n) is 7.96. The van der Waals surface area contributed by atoms with Crippen LogP contribution in [0.15, 0.2) is 140 Å². The first-order valence-corrected chi connectivity index (χ1v) is 15.9. The van der Waals surface area contributed by atoms with Crippen molar-refractivity contribution in [1.82, 2.24) is 0 Å². The molecule has 0 fully saturated rings. The van der Waals surface area contributed by atoms with Crippen LogP contribution in [0.2, 0.25) is 5.02 Å². The van der Waals surface area contributed by atoms with Crippen LogP contribution in [-0.2, 0) is 5.41 Å². The van der Waals surface area contributed by atoms with E-state index in [4.69, 9.17) is 11.6 Å². The molecule has 0 aliphatic heterocycles. The SMILES string of the molecule is Clc1cccc2c1-c1ccc(-c3ccc4sc5ccccc5c4c3)cc1C21c2ccccc2-c2cc3ccccc3cc21. The Balaban J connectivity index is 1.31. The number of fused-ring (bicyclic) bond motifs is 14. The van der Waals surface area contributed by atoms with E-state index in [-0.39, 0.29) is 0 Å². The maximum absolute atomic E-state index is 7.07. The lowest BCUT2D eigenvalue weighted by Gasteiger charge is -2.31. The van der Waals surface area contributed by atoms with Crippen molar-refractivity contribution >= 4 is 53.9 Å². The zero-order chi connectivity index (χ0) is 28.3. The van der Waals surface area contributed by atoms with Crippen LogP contribution in [0, 0.1) is 0 Å². The summed E-state index contributed by atoms with van der Waals surface area (Å²) < 4.78 is 2.66. The van der Waals surface area contributed by atoms with Gasteiger partial charge in [-0.25, -0.2) is 0 Å². The minimum atomic E-state index is -0.444. The number of hydrogen-bond acceptors (Lipinski definition) is 1. The largest absolute Gasteiger partial charge is 0.135 e. The molecular formula is C41H23ClS. The Morgan fingerprint density at radius 3 is 2.07 bits per heavy atom. The molecule has 0 radical (unpaired) electrons. The van der Waals surface area contributed by atoms with Crippen LogP contribution >= 0.6 is 22.9 Å². The summed E-state index contributed by atoms with van der Waals surface area (Å²) >= 11 is 8.94. The molecule has 2 aliphatic rings. The Morgan fingerprint density at radius 2 is 1.14 bits per heavy atom. The summed E-state index contributed by atoms with van der Waals surface area (Å²) in [6.07, 6.45) is 0. The van der Waals surface area contributed by atoms with E-state index in [1.165, 1.54) is 81.0 Å². The number of halogens is 1. The van der Waals surface area contributed by atoms with E-state index in [0.717, 1.165) is 10.6 Å². The van der Waals surface area contributed by atoms with Gasteiger partial charge in [-0.15, -0.1) is 11.3 Å². The lowest BCUT2D eigenvalue weighted by atomic mass is 9.70. The molecule has 0 nitrogen and oxygen atoms in total. The molecule has 1 atom stereocenters. The lowest BCUT2D eigenvalue weighted by Crippen LogP contribution is -2.26. The third kappa shape index (κ3) is 3.01. The van der Waals surface area contributed by atoms with Gasteiger partial charge in [0.2, 0.25) is 0 Å². The topological polar surface area (TPSA) is 0 Å². The average Bonchev–Trinajstić information content (AvgIpc) is 3.67. The molecule has 0 N–H and O–H groups in total. The monoisotopic (exact) mass is 582 g/mol. The molecule has 0 bridgehead atoms. The van der Waals surface area contributed by atoms with Crippen molar-refractivity contribution in [2.45, 2.75) is 5.41 Å². The lowest BCUT2D eigenvalue weighted by molar-refractivity contribution is 0.795. The van der Waals surface area contributed by atoms with Crippen LogP contribution in [0.5, 0.6) is 0 Å². The molecule has 43 heavy (non-hydrogen) atoms. The summed E-state index contributed by atoms with van der Waals surface area (Å²) in [5, 5.41) is 5.98. The van der Waals surface area contributed by atoms with Crippen molar-refractivity contribution in [1.29, 1.82) is 0 Å². The highest BCUT2D eigenvalue weighted by molar-refractivity contribution is 7.25. The van der Waals surface area contributed by atoms with Crippen LogP contribution in [0.25, 0.3) is 64.3 Å². The van der Waals surface area contributed by atoms with E-state index < -0.39 is 5.41 Å². The van der Waals surface area contributed by atoms with E-state index in [0.29, 0.717) is 0 Å². The van der Waals surface area contributed by atoms with Crippen molar-refractivity contribution in [2.24, 2.45) is 0 Å². The third-order valence-electron chi connectivity index (χ3n) is 9.73. The highest BCUT2D eigenvalue weighted by Gasteiger charge is 2.52. The summed E-state index contributed by atoms with van der Waals surface area (Å²) in [6, 6.07) is 51.7. The number of thiophene rings is 1. The van der Waals surface area contributed by atoms with Gasteiger partial charge in [0.25, 0.3) is 0 Å². The molecule has 2 aliphatic carbocycles. The Kier molecular flexibility index (Phi) is 4.68. The van der Waals surface area contributed by atoms with Gasteiger partial charge in [0, 0.05) is 30.8 Å². The van der Waals surface area contributed by atoms with Crippen molar-refractivity contribution < 1.29 is 0 Å². The Hall–Kier alpha value is -4.69. The molecule has 10 rings (SSSR count). The van der Waals surface area contributed by atoms with Gasteiger partial charge < -0.3 is 0 Å². The van der Waals surface area contributed by atoms with Gasteiger partial charge in [0.1, 0.15) is 0 Å². The minimum absolute atomic E-state index is 0.444. The maximum Gasteiger partial charge on any atom is 0.0726 e. The van der Waals surface area contributed by atoms with Crippen molar-refractivity contribution in [3.8, 4) is 33.4 Å². The van der Waals surface area contributed by atoms with Gasteiger partial charge in [0.05, 0.1) is 5.41 Å². The fourth-order valence-corrected chi connectivity index (χ4v) is 9.32. The van der Waals surface area contributed by atoms with Crippen molar-refractivity contribution in [3.05, 3.63) is 167 Å². The maximum atomic E-state index is 7.07. The first-order valence-electron chi connectivity index (χ1n) is 14.7. The molecule has 7 aromatic carbocycles. The smallest absolute Gasteiger partial charge is 0.0726 e. The standard InChI is InChI=1S/C41H23ClS/c42-37-14-7-13-34-40(37)30-18-16-27(26-17-19-39-32(21-26)29-11-4-6-15-38(29)43-39)23-35(30)41(34)33-12-5-3-10-28(33)31-20-24-8-1-2-9-25(24)22-36(31)41/h1-23H. The zero-order valence-electron chi connectivity index (χ0n) is 23.1. The second-order valence-corrected chi connectivity index (χ2v) is 13.3. The first kappa shape index (κ1) is 23.8. The molecule has 1 spiro atoms. The summed E-state index contributed by atoms with van der Waals surface area (Å²) in [6.45, 7) is 0. The Bertz CT molecular complexity index is 2480. The zero-order valence-corrected chi connectivity index (χ0v) is 24.6. The predicted octanol–water partition coefficient (Wildman–Crippen LogP) is 11.9. The Labute approximate surface area is 258 Å². The number of rotatable bonds is 1. The van der Waals surface area contributed by atoms with Gasteiger partial charge in [-0.2, -0.15) is 0 Å². The molecule has 0 saturated carbocycles. The van der Waals surface area contributed by atoms with Gasteiger partial charge in [-0.3, -0.25) is 0 Å². The highest BCUT2D eigenvalue weighted by Crippen LogP contribution is 2.64. The third-order valence-corrected chi connectivity index (χ3v) is 11.2. The van der Waals surface area contributed by atoms with Crippen molar-refractivity contribution in [2.75, 3.05) is 0 Å². The molecule has 2 heteroatoms. The molecule has 1 aromatic heterocycles. The van der Waals surface area contributed by atoms with Gasteiger partial charge in [0.15, 0.2) is 0 Å². The van der Waals surface area contributed by atoms with Crippen LogP contribution in [-0.4, -0.2) is 0 Å². The van der Waals surface area contributed by atoms with E-state index in [2.05, 4.69) is 133 Å². The van der Waals surface area contributed by atoms with Crippen LogP contribution in [0.1, 0.15) is 22.3 Å². The summed E-state index contributed by atoms with van der Waals surface area (Å²) in [7, 11) is 0. The summed E-state index contributed by atoms with van der Waals surface area (Å²) in [4.78, 5) is 0. The van der Waals surface area contributed by atoms with Gasteiger partial charge >= 0.3 is 0 Å². The van der Waals surface area contributed by atoms with Crippen LogP contribution < -0.4 is 0 Å². The van der Waals surface area contributed by atoms with Crippen LogP contribution in [0.4, 0.5) is 0 Å². The quantitative estimate of drug-likeness (QED) is 0.180. The first-order chi connectivity index (χ1) is 21.2. The molecule has 200 valence electrons. The molecule has 1 unspecified atom stereocenters. The van der Waals surface area contributed by atoms with E-state index in [1.54, 1.807) is 0 Å². The van der Waals surface area contributed by atoms with Gasteiger partial charge in [-0.1, -0.05) is 109 Å². The van der Waals surface area contributed by atoms with E-state index >= 15 is 0 Å². The highest BCUT2D eigenvalue weighted by atomic mass is 35.5. The average molecular weight is 583 g/mol.